The van der Waals surface area contributed by atoms with E-state index in [2.05, 4.69) is 4.98 Å². The van der Waals surface area contributed by atoms with Crippen LogP contribution in [0.15, 0.2) is 48.7 Å². The number of aldehydes is 1. The zero-order chi connectivity index (χ0) is 13.2. The molecule has 0 amide bonds. The van der Waals surface area contributed by atoms with E-state index in [1.165, 1.54) is 0 Å². The first-order valence-corrected chi connectivity index (χ1v) is 6.02. The van der Waals surface area contributed by atoms with Crippen LogP contribution in [-0.2, 0) is 0 Å². The van der Waals surface area contributed by atoms with Crippen LogP contribution >= 0.6 is 0 Å². The molecule has 0 fully saturated rings. The van der Waals surface area contributed by atoms with E-state index in [4.69, 9.17) is 4.74 Å². The summed E-state index contributed by atoms with van der Waals surface area (Å²) in [5.74, 6) is 0.841. The molecule has 1 heterocycles. The Labute approximate surface area is 110 Å². The highest BCUT2D eigenvalue weighted by Crippen LogP contribution is 2.26. The lowest BCUT2D eigenvalue weighted by Crippen LogP contribution is -1.83. The number of carbonyl (C=O) groups excluding carboxylic acids is 1. The minimum Gasteiger partial charge on any atom is -0.497 e. The molecule has 0 aliphatic carbocycles. The van der Waals surface area contributed by atoms with Crippen molar-refractivity contribution in [3.63, 3.8) is 0 Å². The number of H-pyrrole nitrogens is 1. The zero-order valence-electron chi connectivity index (χ0n) is 10.5. The SMILES string of the molecule is COc1ccc(-c2ccc3c(C=O)c[nH]c3c2)cc1. The van der Waals surface area contributed by atoms with Gasteiger partial charge in [-0.1, -0.05) is 24.3 Å². The molecule has 1 N–H and O–H groups in total. The number of nitrogens with one attached hydrogen (secondary N) is 1. The number of hydrogen-bond acceptors (Lipinski definition) is 2. The lowest BCUT2D eigenvalue weighted by molar-refractivity contribution is 0.112. The Kier molecular flexibility index (Phi) is 2.80. The predicted octanol–water partition coefficient (Wildman–Crippen LogP) is 3.66. The molecule has 1 aromatic heterocycles. The number of fused-ring (bicyclic) bond motifs is 1. The van der Waals surface area contributed by atoms with E-state index in [1.807, 2.05) is 42.5 Å². The van der Waals surface area contributed by atoms with Gasteiger partial charge in [0.15, 0.2) is 6.29 Å². The number of aromatic amines is 1. The van der Waals surface area contributed by atoms with E-state index in [0.29, 0.717) is 5.56 Å². The minimum atomic E-state index is 0.691. The molecular formula is C16H13NO2. The maximum absolute atomic E-state index is 10.9. The first kappa shape index (κ1) is 11.5. The van der Waals surface area contributed by atoms with Crippen LogP contribution in [-0.4, -0.2) is 18.4 Å². The zero-order valence-corrected chi connectivity index (χ0v) is 10.5. The van der Waals surface area contributed by atoms with Gasteiger partial charge in [-0.05, 0) is 29.3 Å². The molecule has 0 atom stereocenters. The van der Waals surface area contributed by atoms with Gasteiger partial charge in [-0.2, -0.15) is 0 Å². The normalized spacial score (nSPS) is 10.6. The number of methoxy groups -OCH3 is 1. The van der Waals surface area contributed by atoms with E-state index in [0.717, 1.165) is 34.1 Å². The molecule has 0 saturated heterocycles. The largest absolute Gasteiger partial charge is 0.497 e. The standard InChI is InChI=1S/C16H13NO2/c1-19-14-5-2-11(3-6-14)12-4-7-15-13(10-18)9-17-16(15)8-12/h2-10,17H,1H3. The lowest BCUT2D eigenvalue weighted by Gasteiger charge is -2.04. The summed E-state index contributed by atoms with van der Waals surface area (Å²) in [6, 6.07) is 13.9. The third kappa shape index (κ3) is 1.99. The maximum Gasteiger partial charge on any atom is 0.152 e. The molecule has 0 saturated carbocycles. The number of benzene rings is 2. The Morgan fingerprint density at radius 3 is 2.47 bits per heavy atom. The third-order valence-corrected chi connectivity index (χ3v) is 3.26. The quantitative estimate of drug-likeness (QED) is 0.722. The summed E-state index contributed by atoms with van der Waals surface area (Å²) in [5, 5.41) is 0.951. The third-order valence-electron chi connectivity index (χ3n) is 3.26. The van der Waals surface area contributed by atoms with Crippen molar-refractivity contribution in [2.75, 3.05) is 7.11 Å². The fourth-order valence-corrected chi connectivity index (χ4v) is 2.21. The van der Waals surface area contributed by atoms with Crippen molar-refractivity contribution < 1.29 is 9.53 Å². The van der Waals surface area contributed by atoms with Gasteiger partial charge in [0.2, 0.25) is 0 Å². The van der Waals surface area contributed by atoms with Gasteiger partial charge in [-0.15, -0.1) is 0 Å². The molecule has 3 heteroatoms. The van der Waals surface area contributed by atoms with Gasteiger partial charge in [0, 0.05) is 22.7 Å². The van der Waals surface area contributed by atoms with E-state index in [-0.39, 0.29) is 0 Å². The molecule has 3 aromatic rings. The van der Waals surface area contributed by atoms with Crippen LogP contribution in [0, 0.1) is 0 Å². The molecule has 19 heavy (non-hydrogen) atoms. The van der Waals surface area contributed by atoms with Crippen molar-refractivity contribution in [2.24, 2.45) is 0 Å². The lowest BCUT2D eigenvalue weighted by atomic mass is 10.0. The fraction of sp³-hybridized carbons (Fsp3) is 0.0625. The summed E-state index contributed by atoms with van der Waals surface area (Å²) in [6.45, 7) is 0. The molecule has 0 bridgehead atoms. The Bertz CT molecular complexity index is 726. The molecule has 3 rings (SSSR count). The Balaban J connectivity index is 2.06. The van der Waals surface area contributed by atoms with Crippen LogP contribution in [0.1, 0.15) is 10.4 Å². The summed E-state index contributed by atoms with van der Waals surface area (Å²) in [6.07, 6.45) is 2.60. The van der Waals surface area contributed by atoms with E-state index in [1.54, 1.807) is 13.3 Å². The Morgan fingerprint density at radius 2 is 1.79 bits per heavy atom. The van der Waals surface area contributed by atoms with Crippen molar-refractivity contribution >= 4 is 17.2 Å². The maximum atomic E-state index is 10.9. The molecule has 94 valence electrons. The average molecular weight is 251 g/mol. The summed E-state index contributed by atoms with van der Waals surface area (Å²) in [4.78, 5) is 14.0. The van der Waals surface area contributed by atoms with Crippen LogP contribution in [0.4, 0.5) is 0 Å². The van der Waals surface area contributed by atoms with E-state index < -0.39 is 0 Å². The molecular weight excluding hydrogens is 238 g/mol. The monoisotopic (exact) mass is 251 g/mol. The topological polar surface area (TPSA) is 42.1 Å². The van der Waals surface area contributed by atoms with E-state index >= 15 is 0 Å². The van der Waals surface area contributed by atoms with Gasteiger partial charge in [0.1, 0.15) is 5.75 Å². The predicted molar refractivity (Wildman–Crippen MR) is 75.7 cm³/mol. The number of ether oxygens (including phenoxy) is 1. The van der Waals surface area contributed by atoms with Crippen LogP contribution in [0.5, 0.6) is 5.75 Å². The van der Waals surface area contributed by atoms with Crippen LogP contribution in [0.3, 0.4) is 0 Å². The molecule has 0 aliphatic heterocycles. The smallest absolute Gasteiger partial charge is 0.152 e. The van der Waals surface area contributed by atoms with Crippen molar-refractivity contribution in [1.29, 1.82) is 0 Å². The number of aromatic nitrogens is 1. The van der Waals surface area contributed by atoms with Crippen molar-refractivity contribution in [3.05, 3.63) is 54.2 Å². The van der Waals surface area contributed by atoms with E-state index in [9.17, 15) is 4.79 Å². The minimum absolute atomic E-state index is 0.691. The molecule has 0 radical (unpaired) electrons. The molecule has 0 spiro atoms. The summed E-state index contributed by atoms with van der Waals surface area (Å²) in [7, 11) is 1.65. The first-order valence-electron chi connectivity index (χ1n) is 6.02. The summed E-state index contributed by atoms with van der Waals surface area (Å²) in [5.41, 5.74) is 3.88. The molecule has 0 unspecified atom stereocenters. The number of rotatable bonds is 3. The molecule has 3 nitrogen and oxygen atoms in total. The van der Waals surface area contributed by atoms with Crippen molar-refractivity contribution in [3.8, 4) is 16.9 Å². The van der Waals surface area contributed by atoms with Crippen LogP contribution in [0.25, 0.3) is 22.0 Å². The van der Waals surface area contributed by atoms with Crippen molar-refractivity contribution in [2.45, 2.75) is 0 Å². The van der Waals surface area contributed by atoms with Crippen molar-refractivity contribution in [1.82, 2.24) is 4.98 Å². The van der Waals surface area contributed by atoms with Gasteiger partial charge >= 0.3 is 0 Å². The second-order valence-electron chi connectivity index (χ2n) is 4.35. The van der Waals surface area contributed by atoms with Gasteiger partial charge in [-0.3, -0.25) is 4.79 Å². The Hall–Kier alpha value is -2.55. The van der Waals surface area contributed by atoms with Gasteiger partial charge in [0.05, 0.1) is 7.11 Å². The summed E-state index contributed by atoms with van der Waals surface area (Å²) >= 11 is 0. The number of hydrogen-bond donors (Lipinski definition) is 1. The van der Waals surface area contributed by atoms with Crippen LogP contribution in [0.2, 0.25) is 0 Å². The fourth-order valence-electron chi connectivity index (χ4n) is 2.21. The van der Waals surface area contributed by atoms with Gasteiger partial charge < -0.3 is 9.72 Å². The number of carbonyl (C=O) groups is 1. The molecule has 0 aliphatic rings. The highest BCUT2D eigenvalue weighted by atomic mass is 16.5. The average Bonchev–Trinajstić information content (AvgIpc) is 2.89. The highest BCUT2D eigenvalue weighted by Gasteiger charge is 2.05. The second kappa shape index (κ2) is 4.61. The Morgan fingerprint density at radius 1 is 1.05 bits per heavy atom. The summed E-state index contributed by atoms with van der Waals surface area (Å²) < 4.78 is 5.15. The highest BCUT2D eigenvalue weighted by molar-refractivity contribution is 5.98. The van der Waals surface area contributed by atoms with Gasteiger partial charge in [-0.25, -0.2) is 0 Å². The van der Waals surface area contributed by atoms with Crippen LogP contribution < -0.4 is 4.74 Å². The van der Waals surface area contributed by atoms with Gasteiger partial charge in [0.25, 0.3) is 0 Å². The second-order valence-corrected chi connectivity index (χ2v) is 4.35. The molecule has 2 aromatic carbocycles. The first-order chi connectivity index (χ1) is 9.31.